The molecule has 0 bridgehead atoms. The summed E-state index contributed by atoms with van der Waals surface area (Å²) >= 11 is 4.58. The van der Waals surface area contributed by atoms with Gasteiger partial charge in [-0.1, -0.05) is 0 Å². The van der Waals surface area contributed by atoms with Gasteiger partial charge in [0.25, 0.3) is 5.91 Å². The Hall–Kier alpha value is -2.00. The van der Waals surface area contributed by atoms with Crippen molar-refractivity contribution in [2.45, 2.75) is 0 Å². The van der Waals surface area contributed by atoms with E-state index in [0.717, 1.165) is 25.2 Å². The number of amides is 2. The van der Waals surface area contributed by atoms with Gasteiger partial charge in [-0.15, -0.1) is 11.3 Å². The number of carbonyl (C=O) groups is 2. The predicted octanol–water partition coefficient (Wildman–Crippen LogP) is 1.83. The average Bonchev–Trinajstić information content (AvgIpc) is 3.00. The molecule has 1 N–H and O–H groups in total. The first-order valence-electron chi connectivity index (χ1n) is 6.98. The number of thiazole rings is 1. The number of hydrogen-bond acceptors (Lipinski definition) is 6. The SMILES string of the molecule is O=CN1CCN(c2ccc(C(=O)Nc3nc(Br)cs3)nc2)CC1. The van der Waals surface area contributed by atoms with Gasteiger partial charge in [0.1, 0.15) is 10.3 Å². The van der Waals surface area contributed by atoms with Gasteiger partial charge >= 0.3 is 0 Å². The Morgan fingerprint density at radius 1 is 1.30 bits per heavy atom. The van der Waals surface area contributed by atoms with Gasteiger partial charge in [0.05, 0.1) is 11.9 Å². The molecule has 0 unspecified atom stereocenters. The first kappa shape index (κ1) is 15.9. The van der Waals surface area contributed by atoms with Crippen LogP contribution in [-0.4, -0.2) is 53.4 Å². The van der Waals surface area contributed by atoms with Crippen LogP contribution in [0.4, 0.5) is 10.8 Å². The highest BCUT2D eigenvalue weighted by Crippen LogP contribution is 2.20. The molecule has 2 aromatic heterocycles. The van der Waals surface area contributed by atoms with Crippen molar-refractivity contribution in [1.29, 1.82) is 0 Å². The summed E-state index contributed by atoms with van der Waals surface area (Å²) in [7, 11) is 0. The molecule has 0 saturated carbocycles. The Morgan fingerprint density at radius 2 is 2.09 bits per heavy atom. The van der Waals surface area contributed by atoms with Crippen LogP contribution in [0.25, 0.3) is 0 Å². The summed E-state index contributed by atoms with van der Waals surface area (Å²) in [6.45, 7) is 2.92. The van der Waals surface area contributed by atoms with E-state index in [1.54, 1.807) is 22.5 Å². The first-order chi connectivity index (χ1) is 11.2. The zero-order valence-corrected chi connectivity index (χ0v) is 14.5. The van der Waals surface area contributed by atoms with Crippen molar-refractivity contribution in [3.63, 3.8) is 0 Å². The van der Waals surface area contributed by atoms with Gasteiger partial charge in [-0.2, -0.15) is 0 Å². The molecule has 0 spiro atoms. The molecule has 7 nitrogen and oxygen atoms in total. The van der Waals surface area contributed by atoms with E-state index >= 15 is 0 Å². The van der Waals surface area contributed by atoms with Gasteiger partial charge in [-0.25, -0.2) is 9.97 Å². The van der Waals surface area contributed by atoms with E-state index in [1.807, 2.05) is 6.07 Å². The number of aromatic nitrogens is 2. The van der Waals surface area contributed by atoms with Crippen LogP contribution in [-0.2, 0) is 4.79 Å². The largest absolute Gasteiger partial charge is 0.367 e. The molecular formula is C14H14BrN5O2S. The maximum absolute atomic E-state index is 12.1. The number of pyridine rings is 1. The van der Waals surface area contributed by atoms with Crippen molar-refractivity contribution < 1.29 is 9.59 Å². The summed E-state index contributed by atoms with van der Waals surface area (Å²) in [5, 5.41) is 5.03. The third-order valence-electron chi connectivity index (χ3n) is 3.51. The van der Waals surface area contributed by atoms with E-state index in [-0.39, 0.29) is 5.91 Å². The summed E-state index contributed by atoms with van der Waals surface area (Å²) in [6, 6.07) is 3.57. The molecule has 1 saturated heterocycles. The minimum atomic E-state index is -0.288. The molecule has 1 aliphatic heterocycles. The third-order valence-corrected chi connectivity index (χ3v) is 4.97. The molecule has 3 heterocycles. The molecule has 2 amide bonds. The summed E-state index contributed by atoms with van der Waals surface area (Å²) in [4.78, 5) is 35.1. The highest BCUT2D eigenvalue weighted by molar-refractivity contribution is 9.10. The molecule has 2 aromatic rings. The lowest BCUT2D eigenvalue weighted by Gasteiger charge is -2.33. The van der Waals surface area contributed by atoms with E-state index in [0.29, 0.717) is 28.5 Å². The average molecular weight is 396 g/mol. The number of halogens is 1. The molecule has 23 heavy (non-hydrogen) atoms. The van der Waals surface area contributed by atoms with Crippen LogP contribution in [0.1, 0.15) is 10.5 Å². The second kappa shape index (κ2) is 7.05. The molecule has 3 rings (SSSR count). The second-order valence-electron chi connectivity index (χ2n) is 4.96. The highest BCUT2D eigenvalue weighted by Gasteiger charge is 2.17. The van der Waals surface area contributed by atoms with Crippen molar-refractivity contribution in [3.8, 4) is 0 Å². The normalized spacial score (nSPS) is 14.7. The monoisotopic (exact) mass is 395 g/mol. The molecule has 1 fully saturated rings. The lowest BCUT2D eigenvalue weighted by atomic mass is 10.2. The lowest BCUT2D eigenvalue weighted by molar-refractivity contribution is -0.118. The van der Waals surface area contributed by atoms with Crippen molar-refractivity contribution >= 4 is 50.4 Å². The van der Waals surface area contributed by atoms with Gasteiger partial charge in [0.2, 0.25) is 6.41 Å². The number of carbonyl (C=O) groups excluding carboxylic acids is 2. The van der Waals surface area contributed by atoms with Gasteiger partial charge < -0.3 is 9.80 Å². The number of rotatable bonds is 4. The topological polar surface area (TPSA) is 78.4 Å². The van der Waals surface area contributed by atoms with Gasteiger partial charge in [0, 0.05) is 31.6 Å². The molecule has 1 aliphatic rings. The smallest absolute Gasteiger partial charge is 0.276 e. The number of piperazine rings is 1. The van der Waals surface area contributed by atoms with Crippen LogP contribution in [0.15, 0.2) is 28.3 Å². The van der Waals surface area contributed by atoms with Gasteiger partial charge in [-0.05, 0) is 28.1 Å². The van der Waals surface area contributed by atoms with E-state index < -0.39 is 0 Å². The molecular weight excluding hydrogens is 382 g/mol. The lowest BCUT2D eigenvalue weighted by Crippen LogP contribution is -2.45. The fraction of sp³-hybridized carbons (Fsp3) is 0.286. The van der Waals surface area contributed by atoms with E-state index in [2.05, 4.69) is 36.1 Å². The Balaban J connectivity index is 1.62. The number of anilines is 2. The van der Waals surface area contributed by atoms with Crippen LogP contribution in [0.2, 0.25) is 0 Å². The minimum absolute atomic E-state index is 0.288. The summed E-state index contributed by atoms with van der Waals surface area (Å²) in [6.07, 6.45) is 2.56. The number of nitrogens with one attached hydrogen (secondary N) is 1. The third kappa shape index (κ3) is 3.85. The van der Waals surface area contributed by atoms with E-state index in [4.69, 9.17) is 0 Å². The fourth-order valence-electron chi connectivity index (χ4n) is 2.27. The Morgan fingerprint density at radius 3 is 2.65 bits per heavy atom. The fourth-order valence-corrected chi connectivity index (χ4v) is 3.40. The van der Waals surface area contributed by atoms with E-state index in [9.17, 15) is 9.59 Å². The summed E-state index contributed by atoms with van der Waals surface area (Å²) < 4.78 is 0.690. The Bertz CT molecular complexity index is 697. The van der Waals surface area contributed by atoms with Gasteiger partial charge in [-0.3, -0.25) is 14.9 Å². The molecule has 120 valence electrons. The quantitative estimate of drug-likeness (QED) is 0.798. The zero-order valence-electron chi connectivity index (χ0n) is 12.1. The molecule has 9 heteroatoms. The van der Waals surface area contributed by atoms with Crippen LogP contribution in [0, 0.1) is 0 Å². The number of nitrogens with zero attached hydrogens (tertiary/aromatic N) is 4. The predicted molar refractivity (Wildman–Crippen MR) is 91.9 cm³/mol. The molecule has 0 aliphatic carbocycles. The van der Waals surface area contributed by atoms with Crippen LogP contribution in [0.5, 0.6) is 0 Å². The summed E-state index contributed by atoms with van der Waals surface area (Å²) in [5.74, 6) is -0.288. The van der Waals surface area contributed by atoms with Crippen LogP contribution < -0.4 is 10.2 Å². The molecule has 0 radical (unpaired) electrons. The maximum Gasteiger partial charge on any atom is 0.276 e. The minimum Gasteiger partial charge on any atom is -0.367 e. The van der Waals surface area contributed by atoms with Crippen LogP contribution in [0.3, 0.4) is 0 Å². The Labute approximate surface area is 145 Å². The second-order valence-corrected chi connectivity index (χ2v) is 6.63. The van der Waals surface area contributed by atoms with Crippen molar-refractivity contribution in [3.05, 3.63) is 34.0 Å². The Kier molecular flexibility index (Phi) is 4.87. The highest BCUT2D eigenvalue weighted by atomic mass is 79.9. The number of hydrogen-bond donors (Lipinski definition) is 1. The van der Waals surface area contributed by atoms with Crippen LogP contribution >= 0.6 is 27.3 Å². The van der Waals surface area contributed by atoms with Crippen molar-refractivity contribution in [1.82, 2.24) is 14.9 Å². The summed E-state index contributed by atoms with van der Waals surface area (Å²) in [5.41, 5.74) is 1.29. The zero-order chi connectivity index (χ0) is 16.2. The maximum atomic E-state index is 12.1. The molecule has 0 aromatic carbocycles. The standard InChI is InChI=1S/C14H14BrN5O2S/c15-12-8-23-14(17-12)18-13(22)11-2-1-10(7-16-11)20-5-3-19(9-21)4-6-20/h1-2,7-9H,3-6H2,(H,17,18,22). The first-order valence-corrected chi connectivity index (χ1v) is 8.66. The van der Waals surface area contributed by atoms with Gasteiger partial charge in [0.15, 0.2) is 5.13 Å². The van der Waals surface area contributed by atoms with Crippen molar-refractivity contribution in [2.24, 2.45) is 0 Å². The van der Waals surface area contributed by atoms with Crippen molar-refractivity contribution in [2.75, 3.05) is 36.4 Å². The van der Waals surface area contributed by atoms with E-state index in [1.165, 1.54) is 11.3 Å². The molecule has 0 atom stereocenters.